The Bertz CT molecular complexity index is 747. The maximum absolute atomic E-state index is 12.7. The molecule has 1 aromatic carbocycles. The molecule has 3 aliphatic rings. The van der Waals surface area contributed by atoms with Gasteiger partial charge in [0.25, 0.3) is 0 Å². The molecule has 2 saturated heterocycles. The van der Waals surface area contributed by atoms with Crippen molar-refractivity contribution in [1.29, 1.82) is 0 Å². The number of piperazine rings is 1. The van der Waals surface area contributed by atoms with Gasteiger partial charge in [0.15, 0.2) is 5.96 Å². The number of likely N-dealkylation sites (tertiary alicyclic amines) is 1. The number of nitrogens with zero attached hydrogens (tertiary/aromatic N) is 4. The first-order valence-electron chi connectivity index (χ1n) is 12.6. The number of hydrogen-bond acceptors (Lipinski definition) is 4. The molecule has 1 aromatic rings. The van der Waals surface area contributed by atoms with Crippen molar-refractivity contribution < 1.29 is 4.79 Å². The van der Waals surface area contributed by atoms with Crippen molar-refractivity contribution in [1.82, 2.24) is 20.4 Å². The lowest BCUT2D eigenvalue weighted by Crippen LogP contribution is -2.49. The summed E-state index contributed by atoms with van der Waals surface area (Å²) in [5.74, 6) is 1.07. The Hall–Kier alpha value is -1.55. The van der Waals surface area contributed by atoms with Crippen LogP contribution in [0.4, 0.5) is 5.69 Å². The summed E-state index contributed by atoms with van der Waals surface area (Å²) in [7, 11) is 0. The fourth-order valence-corrected chi connectivity index (χ4v) is 5.29. The summed E-state index contributed by atoms with van der Waals surface area (Å²) < 4.78 is 0. The Morgan fingerprint density at radius 2 is 1.76 bits per heavy atom. The molecule has 1 aliphatic carbocycles. The summed E-state index contributed by atoms with van der Waals surface area (Å²) in [5.41, 5.74) is 1.24. The topological polar surface area (TPSA) is 63.2 Å². The molecular formula is C25H41IN6O. The first-order chi connectivity index (χ1) is 15.7. The molecule has 4 rings (SSSR count). The van der Waals surface area contributed by atoms with Gasteiger partial charge in [-0.25, -0.2) is 0 Å². The molecule has 8 heteroatoms. The number of amides is 1. The van der Waals surface area contributed by atoms with E-state index >= 15 is 0 Å². The number of carbonyl (C=O) groups excluding carboxylic acids is 1. The predicted molar refractivity (Wildman–Crippen MR) is 147 cm³/mol. The maximum atomic E-state index is 12.7. The van der Waals surface area contributed by atoms with Gasteiger partial charge in [-0.3, -0.25) is 14.7 Å². The van der Waals surface area contributed by atoms with Crippen molar-refractivity contribution in [3.05, 3.63) is 30.3 Å². The number of aliphatic imine (C=N–C) groups is 1. The van der Waals surface area contributed by atoms with Crippen molar-refractivity contribution in [2.24, 2.45) is 4.99 Å². The van der Waals surface area contributed by atoms with E-state index in [1.165, 1.54) is 44.3 Å². The van der Waals surface area contributed by atoms with Crippen molar-refractivity contribution in [2.75, 3.05) is 57.3 Å². The molecule has 0 radical (unpaired) electrons. The predicted octanol–water partition coefficient (Wildman–Crippen LogP) is 2.92. The van der Waals surface area contributed by atoms with Crippen LogP contribution in [0.1, 0.15) is 45.4 Å². The third-order valence-corrected chi connectivity index (χ3v) is 7.10. The van der Waals surface area contributed by atoms with Crippen LogP contribution in [0.15, 0.2) is 35.3 Å². The van der Waals surface area contributed by atoms with Crippen LogP contribution in [0.25, 0.3) is 0 Å². The first kappa shape index (κ1) is 26.1. The molecule has 2 heterocycles. The quantitative estimate of drug-likeness (QED) is 0.301. The van der Waals surface area contributed by atoms with Gasteiger partial charge in [-0.2, -0.15) is 0 Å². The summed E-state index contributed by atoms with van der Waals surface area (Å²) in [6.07, 6.45) is 7.15. The molecule has 1 saturated carbocycles. The summed E-state index contributed by atoms with van der Waals surface area (Å²) in [4.78, 5) is 24.4. The number of para-hydroxylation sites is 1. The van der Waals surface area contributed by atoms with E-state index < -0.39 is 0 Å². The lowest BCUT2D eigenvalue weighted by molar-refractivity contribution is -0.131. The Labute approximate surface area is 216 Å². The fourth-order valence-electron chi connectivity index (χ4n) is 5.29. The van der Waals surface area contributed by atoms with E-state index in [1.54, 1.807) is 0 Å². The number of guanidine groups is 1. The summed E-state index contributed by atoms with van der Waals surface area (Å²) in [6.45, 7) is 9.11. The highest BCUT2D eigenvalue weighted by Crippen LogP contribution is 2.26. The van der Waals surface area contributed by atoms with Gasteiger partial charge in [0.1, 0.15) is 0 Å². The molecule has 3 fully saturated rings. The molecule has 1 amide bonds. The monoisotopic (exact) mass is 568 g/mol. The van der Waals surface area contributed by atoms with E-state index in [-0.39, 0.29) is 29.9 Å². The van der Waals surface area contributed by atoms with Crippen LogP contribution >= 0.6 is 24.0 Å². The molecule has 2 aliphatic heterocycles. The number of anilines is 1. The Balaban J connectivity index is 0.00000306. The van der Waals surface area contributed by atoms with Crippen molar-refractivity contribution in [2.45, 2.75) is 57.5 Å². The van der Waals surface area contributed by atoms with Crippen molar-refractivity contribution in [3.63, 3.8) is 0 Å². The zero-order valence-corrected chi connectivity index (χ0v) is 22.4. The molecular weight excluding hydrogens is 527 g/mol. The summed E-state index contributed by atoms with van der Waals surface area (Å²) in [6, 6.07) is 11.7. The normalized spacial score (nSPS) is 22.3. The molecule has 184 valence electrons. The van der Waals surface area contributed by atoms with Gasteiger partial charge < -0.3 is 20.4 Å². The highest BCUT2D eigenvalue weighted by atomic mass is 127. The number of halogens is 1. The van der Waals surface area contributed by atoms with Gasteiger partial charge in [0.05, 0.1) is 6.54 Å². The highest BCUT2D eigenvalue weighted by Gasteiger charge is 2.30. The third kappa shape index (κ3) is 7.47. The number of carbonyl (C=O) groups is 1. The fraction of sp³-hybridized carbons (Fsp3) is 0.680. The van der Waals surface area contributed by atoms with E-state index in [4.69, 9.17) is 4.99 Å². The molecule has 33 heavy (non-hydrogen) atoms. The van der Waals surface area contributed by atoms with E-state index in [2.05, 4.69) is 51.6 Å². The SMILES string of the molecule is CCNC(=NCCC(=O)N1CCN(c2ccccc2)CC1)NC1CCN(C2CCCC2)C1.I. The average Bonchev–Trinajstić information content (AvgIpc) is 3.52. The van der Waals surface area contributed by atoms with Crippen molar-refractivity contribution >= 4 is 41.5 Å². The maximum Gasteiger partial charge on any atom is 0.224 e. The zero-order valence-electron chi connectivity index (χ0n) is 20.0. The summed E-state index contributed by atoms with van der Waals surface area (Å²) in [5, 5.41) is 6.97. The van der Waals surface area contributed by atoms with Crippen LogP contribution in [0.2, 0.25) is 0 Å². The Morgan fingerprint density at radius 1 is 1.03 bits per heavy atom. The minimum absolute atomic E-state index is 0. The Kier molecular flexibility index (Phi) is 10.6. The van der Waals surface area contributed by atoms with Gasteiger partial charge in [0, 0.05) is 70.0 Å². The number of hydrogen-bond donors (Lipinski definition) is 2. The highest BCUT2D eigenvalue weighted by molar-refractivity contribution is 14.0. The van der Waals surface area contributed by atoms with E-state index in [0.29, 0.717) is 19.0 Å². The van der Waals surface area contributed by atoms with E-state index in [9.17, 15) is 4.79 Å². The second-order valence-corrected chi connectivity index (χ2v) is 9.28. The second-order valence-electron chi connectivity index (χ2n) is 9.28. The molecule has 1 atom stereocenters. The number of rotatable bonds is 7. The number of nitrogens with one attached hydrogen (secondary N) is 2. The van der Waals surface area contributed by atoms with Crippen LogP contribution in [-0.4, -0.2) is 86.1 Å². The van der Waals surface area contributed by atoms with Crippen LogP contribution in [-0.2, 0) is 4.79 Å². The second kappa shape index (κ2) is 13.4. The molecule has 1 unspecified atom stereocenters. The molecule has 7 nitrogen and oxygen atoms in total. The smallest absolute Gasteiger partial charge is 0.224 e. The van der Waals surface area contributed by atoms with Gasteiger partial charge in [-0.05, 0) is 38.3 Å². The van der Waals surface area contributed by atoms with Crippen LogP contribution in [0.3, 0.4) is 0 Å². The van der Waals surface area contributed by atoms with Gasteiger partial charge >= 0.3 is 0 Å². The molecule has 0 spiro atoms. The average molecular weight is 569 g/mol. The van der Waals surface area contributed by atoms with Gasteiger partial charge in [0.2, 0.25) is 5.91 Å². The largest absolute Gasteiger partial charge is 0.368 e. The van der Waals surface area contributed by atoms with E-state index in [1.807, 2.05) is 11.0 Å². The Morgan fingerprint density at radius 3 is 2.45 bits per heavy atom. The minimum Gasteiger partial charge on any atom is -0.368 e. The third-order valence-electron chi connectivity index (χ3n) is 7.10. The van der Waals surface area contributed by atoms with Crippen LogP contribution < -0.4 is 15.5 Å². The molecule has 0 bridgehead atoms. The first-order valence-corrected chi connectivity index (χ1v) is 12.6. The minimum atomic E-state index is 0. The number of benzene rings is 1. The van der Waals surface area contributed by atoms with Gasteiger partial charge in [-0.15, -0.1) is 24.0 Å². The summed E-state index contributed by atoms with van der Waals surface area (Å²) >= 11 is 0. The molecule has 2 N–H and O–H groups in total. The standard InChI is InChI=1S/C25H40N6O.HI/c1-2-26-25(28-21-13-15-31(20-21)23-10-6-7-11-23)27-14-12-24(32)30-18-16-29(17-19-30)22-8-4-3-5-9-22;/h3-5,8-9,21,23H,2,6-7,10-20H2,1H3,(H2,26,27,28);1H. The van der Waals surface area contributed by atoms with Gasteiger partial charge in [-0.1, -0.05) is 31.0 Å². The van der Waals surface area contributed by atoms with Crippen LogP contribution in [0.5, 0.6) is 0 Å². The lowest BCUT2D eigenvalue weighted by Gasteiger charge is -2.36. The zero-order chi connectivity index (χ0) is 22.2. The molecule has 0 aromatic heterocycles. The van der Waals surface area contributed by atoms with Crippen molar-refractivity contribution in [3.8, 4) is 0 Å². The van der Waals surface area contributed by atoms with Crippen LogP contribution in [0, 0.1) is 0 Å². The van der Waals surface area contributed by atoms with E-state index in [0.717, 1.165) is 51.3 Å². The lowest BCUT2D eigenvalue weighted by atomic mass is 10.2.